The van der Waals surface area contributed by atoms with Crippen molar-refractivity contribution in [2.75, 3.05) is 5.32 Å². The van der Waals surface area contributed by atoms with E-state index in [2.05, 4.69) is 32.2 Å². The zero-order valence-electron chi connectivity index (χ0n) is 16.0. The number of rotatable bonds is 3. The second-order valence-corrected chi connectivity index (χ2v) is 9.71. The van der Waals surface area contributed by atoms with Gasteiger partial charge >= 0.3 is 5.97 Å². The van der Waals surface area contributed by atoms with Crippen molar-refractivity contribution in [3.63, 3.8) is 0 Å². The molecule has 3 atom stereocenters. The van der Waals surface area contributed by atoms with E-state index in [0.29, 0.717) is 29.3 Å². The monoisotopic (exact) mass is 386 g/mol. The van der Waals surface area contributed by atoms with Crippen LogP contribution in [0.1, 0.15) is 56.0 Å². The molecule has 0 bridgehead atoms. The molecule has 0 saturated carbocycles. The number of carboxylic acids is 1. The number of hydrogen-bond donors (Lipinski definition) is 2. The van der Waals surface area contributed by atoms with Crippen molar-refractivity contribution in [2.24, 2.45) is 23.2 Å². The minimum atomic E-state index is -0.946. The molecule has 1 aromatic rings. The molecule has 1 aromatic heterocycles. The second-order valence-electron chi connectivity index (χ2n) is 8.61. The Morgan fingerprint density at radius 2 is 1.93 bits per heavy atom. The van der Waals surface area contributed by atoms with Gasteiger partial charge < -0.3 is 10.4 Å². The van der Waals surface area contributed by atoms with Crippen LogP contribution < -0.4 is 5.32 Å². The molecular formula is C21H26N2O3S. The third-order valence-electron chi connectivity index (χ3n) is 5.92. The van der Waals surface area contributed by atoms with Crippen LogP contribution >= 0.6 is 11.3 Å². The lowest BCUT2D eigenvalue weighted by molar-refractivity contribution is -0.146. The van der Waals surface area contributed by atoms with Gasteiger partial charge in [-0.15, -0.1) is 11.3 Å². The van der Waals surface area contributed by atoms with Crippen molar-refractivity contribution < 1.29 is 14.7 Å². The zero-order chi connectivity index (χ0) is 19.8. The summed E-state index contributed by atoms with van der Waals surface area (Å²) in [5, 5.41) is 22.5. The van der Waals surface area contributed by atoms with E-state index in [-0.39, 0.29) is 11.3 Å². The Balaban J connectivity index is 1.83. The normalized spacial score (nSPS) is 24.7. The van der Waals surface area contributed by atoms with Crippen LogP contribution in [-0.4, -0.2) is 17.0 Å². The van der Waals surface area contributed by atoms with Crippen LogP contribution in [-0.2, 0) is 22.4 Å². The average molecular weight is 387 g/mol. The minimum Gasteiger partial charge on any atom is -0.481 e. The molecule has 1 heterocycles. The Morgan fingerprint density at radius 1 is 1.26 bits per heavy atom. The number of carbonyl (C=O) groups excluding carboxylic acids is 1. The topological polar surface area (TPSA) is 90.2 Å². The van der Waals surface area contributed by atoms with Gasteiger partial charge in [0.2, 0.25) is 5.91 Å². The molecular weight excluding hydrogens is 360 g/mol. The van der Waals surface area contributed by atoms with Gasteiger partial charge in [-0.3, -0.25) is 9.59 Å². The Kier molecular flexibility index (Phi) is 5.43. The Morgan fingerprint density at radius 3 is 2.52 bits per heavy atom. The molecule has 0 radical (unpaired) electrons. The van der Waals surface area contributed by atoms with E-state index < -0.39 is 17.8 Å². The number of allylic oxidation sites excluding steroid dienone is 2. The smallest absolute Gasteiger partial charge is 0.307 e. The Hall–Kier alpha value is -2.13. The summed E-state index contributed by atoms with van der Waals surface area (Å²) in [5.41, 5.74) is 1.84. The lowest BCUT2D eigenvalue weighted by Gasteiger charge is -2.33. The third kappa shape index (κ3) is 3.93. The van der Waals surface area contributed by atoms with Crippen molar-refractivity contribution >= 4 is 28.2 Å². The summed E-state index contributed by atoms with van der Waals surface area (Å²) >= 11 is 1.49. The van der Waals surface area contributed by atoms with Crippen LogP contribution in [0.5, 0.6) is 0 Å². The van der Waals surface area contributed by atoms with Crippen molar-refractivity contribution in [3.8, 4) is 6.07 Å². The summed E-state index contributed by atoms with van der Waals surface area (Å²) in [4.78, 5) is 25.4. The number of nitrogens with one attached hydrogen (secondary N) is 1. The molecule has 27 heavy (non-hydrogen) atoms. The molecule has 0 unspecified atom stereocenters. The summed E-state index contributed by atoms with van der Waals surface area (Å²) in [6.07, 6.45) is 7.30. The summed E-state index contributed by atoms with van der Waals surface area (Å²) in [5.74, 6) is -1.99. The fraction of sp³-hybridized carbons (Fsp3) is 0.571. The van der Waals surface area contributed by atoms with Gasteiger partial charge in [0, 0.05) is 4.88 Å². The summed E-state index contributed by atoms with van der Waals surface area (Å²) in [6.45, 7) is 6.73. The number of fused-ring (bicyclic) bond motifs is 1. The van der Waals surface area contributed by atoms with Crippen LogP contribution in [0.25, 0.3) is 0 Å². The molecule has 144 valence electrons. The number of amides is 1. The van der Waals surface area contributed by atoms with Gasteiger partial charge in [-0.25, -0.2) is 0 Å². The minimum absolute atomic E-state index is 0.209. The second kappa shape index (κ2) is 7.47. The van der Waals surface area contributed by atoms with Gasteiger partial charge in [0.15, 0.2) is 0 Å². The number of aliphatic carboxylic acids is 1. The van der Waals surface area contributed by atoms with E-state index in [1.807, 2.05) is 12.2 Å². The highest BCUT2D eigenvalue weighted by molar-refractivity contribution is 7.16. The van der Waals surface area contributed by atoms with Gasteiger partial charge in [-0.05, 0) is 49.0 Å². The standard InChI is InChI=1S/C21H26N2O3S/c1-21(2,3)12-8-9-13-16(11-22)19(27-17(13)10-12)23-18(24)14-6-4-5-7-15(14)20(25)26/h4-5,12,14-15H,6-10H2,1-3H3,(H,23,24)(H,25,26)/t12-,14+,15-/m0/s1. The zero-order valence-corrected chi connectivity index (χ0v) is 16.9. The lowest BCUT2D eigenvalue weighted by Crippen LogP contribution is -2.34. The Bertz CT molecular complexity index is 826. The number of carbonyl (C=O) groups is 2. The average Bonchev–Trinajstić information content (AvgIpc) is 2.96. The van der Waals surface area contributed by atoms with Crippen LogP contribution in [0, 0.1) is 34.5 Å². The molecule has 3 rings (SSSR count). The number of carboxylic acid groups (broad SMARTS) is 1. The number of nitriles is 1. The van der Waals surface area contributed by atoms with Gasteiger partial charge in [0.05, 0.1) is 17.4 Å². The lowest BCUT2D eigenvalue weighted by atomic mass is 9.72. The fourth-order valence-electron chi connectivity index (χ4n) is 4.11. The molecule has 2 aliphatic carbocycles. The Labute approximate surface area is 164 Å². The maximum absolute atomic E-state index is 12.8. The molecule has 0 fully saturated rings. The highest BCUT2D eigenvalue weighted by atomic mass is 32.1. The number of anilines is 1. The van der Waals surface area contributed by atoms with E-state index in [9.17, 15) is 20.0 Å². The first-order valence-electron chi connectivity index (χ1n) is 9.45. The number of nitrogens with zero attached hydrogens (tertiary/aromatic N) is 1. The van der Waals surface area contributed by atoms with E-state index in [4.69, 9.17) is 0 Å². The maximum atomic E-state index is 12.8. The quantitative estimate of drug-likeness (QED) is 0.755. The van der Waals surface area contributed by atoms with E-state index in [0.717, 1.165) is 24.8 Å². The number of thiophene rings is 1. The molecule has 2 aliphatic rings. The van der Waals surface area contributed by atoms with E-state index in [1.54, 1.807) is 0 Å². The van der Waals surface area contributed by atoms with Crippen LogP contribution in [0.4, 0.5) is 5.00 Å². The van der Waals surface area contributed by atoms with E-state index in [1.165, 1.54) is 16.2 Å². The molecule has 6 heteroatoms. The van der Waals surface area contributed by atoms with Crippen molar-refractivity contribution in [3.05, 3.63) is 28.2 Å². The van der Waals surface area contributed by atoms with Crippen LogP contribution in [0.3, 0.4) is 0 Å². The highest BCUT2D eigenvalue weighted by Gasteiger charge is 2.36. The third-order valence-corrected chi connectivity index (χ3v) is 7.09. The van der Waals surface area contributed by atoms with E-state index >= 15 is 0 Å². The summed E-state index contributed by atoms with van der Waals surface area (Å²) in [7, 11) is 0. The highest BCUT2D eigenvalue weighted by Crippen LogP contribution is 2.44. The fourth-order valence-corrected chi connectivity index (χ4v) is 5.39. The molecule has 1 amide bonds. The van der Waals surface area contributed by atoms with Gasteiger partial charge in [-0.1, -0.05) is 32.9 Å². The van der Waals surface area contributed by atoms with Crippen LogP contribution in [0.2, 0.25) is 0 Å². The first-order valence-corrected chi connectivity index (χ1v) is 10.3. The first-order chi connectivity index (χ1) is 12.7. The molecule has 0 aromatic carbocycles. The molecule has 5 nitrogen and oxygen atoms in total. The maximum Gasteiger partial charge on any atom is 0.307 e. The van der Waals surface area contributed by atoms with Crippen LogP contribution in [0.15, 0.2) is 12.2 Å². The SMILES string of the molecule is CC(C)(C)[C@H]1CCc2c(sc(NC(=O)[C@@H]3CC=CC[C@@H]3C(=O)O)c2C#N)C1. The summed E-state index contributed by atoms with van der Waals surface area (Å²) < 4.78 is 0. The van der Waals surface area contributed by atoms with Crippen molar-refractivity contribution in [1.82, 2.24) is 0 Å². The molecule has 0 aliphatic heterocycles. The van der Waals surface area contributed by atoms with Crippen molar-refractivity contribution in [2.45, 2.75) is 52.9 Å². The van der Waals surface area contributed by atoms with Crippen molar-refractivity contribution in [1.29, 1.82) is 5.26 Å². The molecule has 0 spiro atoms. The molecule has 0 saturated heterocycles. The molecule has 2 N–H and O–H groups in total. The first kappa shape index (κ1) is 19.6. The summed E-state index contributed by atoms with van der Waals surface area (Å²) in [6, 6.07) is 2.26. The number of hydrogen-bond acceptors (Lipinski definition) is 4. The van der Waals surface area contributed by atoms with Gasteiger partial charge in [-0.2, -0.15) is 5.26 Å². The van der Waals surface area contributed by atoms with Gasteiger partial charge in [0.1, 0.15) is 11.1 Å². The predicted octanol–water partition coefficient (Wildman–Crippen LogP) is 4.38. The predicted molar refractivity (Wildman–Crippen MR) is 106 cm³/mol. The largest absolute Gasteiger partial charge is 0.481 e. The van der Waals surface area contributed by atoms with Gasteiger partial charge in [0.25, 0.3) is 0 Å².